The Hall–Kier alpha value is -2.15. The first-order valence-electron chi connectivity index (χ1n) is 8.70. The van der Waals surface area contributed by atoms with E-state index in [-0.39, 0.29) is 5.91 Å². The van der Waals surface area contributed by atoms with Gasteiger partial charge in [0.2, 0.25) is 0 Å². The molecule has 0 atom stereocenters. The second-order valence-electron chi connectivity index (χ2n) is 6.43. The summed E-state index contributed by atoms with van der Waals surface area (Å²) >= 11 is 6.10. The van der Waals surface area contributed by atoms with Gasteiger partial charge in [0.25, 0.3) is 5.91 Å². The van der Waals surface area contributed by atoms with Crippen molar-refractivity contribution in [2.45, 2.75) is 18.6 Å². The Morgan fingerprint density at radius 2 is 1.88 bits per heavy atom. The maximum Gasteiger partial charge on any atom is 0.274 e. The number of nitrogens with zero attached hydrogens (tertiary/aromatic N) is 2. The molecule has 2 aromatic rings. The zero-order chi connectivity index (χ0) is 18.0. The van der Waals surface area contributed by atoms with Crippen molar-refractivity contribution in [3.8, 4) is 0 Å². The van der Waals surface area contributed by atoms with Crippen LogP contribution in [0.25, 0.3) is 0 Å². The number of carbonyl (C=O) groups excluding carboxylic acids is 1. The van der Waals surface area contributed by atoms with Gasteiger partial charge in [-0.3, -0.25) is 9.78 Å². The molecule has 136 valence electrons. The number of ether oxygens (including phenoxy) is 2. The van der Waals surface area contributed by atoms with Crippen molar-refractivity contribution >= 4 is 28.9 Å². The maximum atomic E-state index is 12.5. The fraction of sp³-hybridized carbons (Fsp3) is 0.368. The number of nitrogens with one attached hydrogen (secondary N) is 1. The SMILES string of the molecule is O=C(Nc1ccccc1Cl)c1cc(N2CCC3(CC2)OCCO3)ccn1. The van der Waals surface area contributed by atoms with Crippen LogP contribution in [0.15, 0.2) is 42.6 Å². The molecule has 1 amide bonds. The number of amides is 1. The summed E-state index contributed by atoms with van der Waals surface area (Å²) in [6.07, 6.45) is 3.29. The van der Waals surface area contributed by atoms with Gasteiger partial charge in [-0.25, -0.2) is 0 Å². The molecule has 1 N–H and O–H groups in total. The number of aromatic nitrogens is 1. The van der Waals surface area contributed by atoms with Crippen LogP contribution in [0.5, 0.6) is 0 Å². The lowest BCUT2D eigenvalue weighted by Crippen LogP contribution is -2.45. The van der Waals surface area contributed by atoms with E-state index in [9.17, 15) is 4.79 Å². The maximum absolute atomic E-state index is 12.5. The third-order valence-electron chi connectivity index (χ3n) is 4.80. The average Bonchev–Trinajstić information content (AvgIpc) is 3.12. The normalized spacial score (nSPS) is 18.9. The monoisotopic (exact) mass is 373 g/mol. The third-order valence-corrected chi connectivity index (χ3v) is 5.13. The molecule has 1 aromatic carbocycles. The minimum Gasteiger partial charge on any atom is -0.371 e. The first-order valence-corrected chi connectivity index (χ1v) is 9.08. The van der Waals surface area contributed by atoms with Crippen LogP contribution in [0.2, 0.25) is 5.02 Å². The Balaban J connectivity index is 1.45. The van der Waals surface area contributed by atoms with Crippen LogP contribution in [-0.4, -0.2) is 43.0 Å². The van der Waals surface area contributed by atoms with E-state index in [0.29, 0.717) is 29.6 Å². The van der Waals surface area contributed by atoms with Gasteiger partial charge in [-0.15, -0.1) is 0 Å². The van der Waals surface area contributed by atoms with Crippen LogP contribution in [-0.2, 0) is 9.47 Å². The van der Waals surface area contributed by atoms with E-state index in [1.165, 1.54) is 0 Å². The van der Waals surface area contributed by atoms with Crippen LogP contribution >= 0.6 is 11.6 Å². The van der Waals surface area contributed by atoms with Crippen molar-refractivity contribution in [3.05, 3.63) is 53.3 Å². The Morgan fingerprint density at radius 1 is 1.15 bits per heavy atom. The number of hydrogen-bond acceptors (Lipinski definition) is 5. The third kappa shape index (κ3) is 3.53. The molecule has 0 radical (unpaired) electrons. The van der Waals surface area contributed by atoms with Gasteiger partial charge in [0.15, 0.2) is 5.79 Å². The number of piperidine rings is 1. The van der Waals surface area contributed by atoms with E-state index in [1.807, 2.05) is 18.2 Å². The Morgan fingerprint density at radius 3 is 2.62 bits per heavy atom. The lowest BCUT2D eigenvalue weighted by atomic mass is 10.0. The van der Waals surface area contributed by atoms with E-state index in [0.717, 1.165) is 31.6 Å². The smallest absolute Gasteiger partial charge is 0.274 e. The Labute approximate surface area is 157 Å². The predicted octanol–water partition coefficient (Wildman–Crippen LogP) is 3.33. The number of para-hydroxylation sites is 1. The van der Waals surface area contributed by atoms with Crippen molar-refractivity contribution in [1.29, 1.82) is 0 Å². The standard InChI is InChI=1S/C19H20ClN3O3/c20-15-3-1-2-4-16(15)22-18(24)17-13-14(5-8-21-17)23-9-6-19(7-10-23)25-11-12-26-19/h1-5,8,13H,6-7,9-12H2,(H,22,24). The Bertz CT molecular complexity index is 798. The quantitative estimate of drug-likeness (QED) is 0.894. The molecule has 2 aliphatic rings. The van der Waals surface area contributed by atoms with E-state index in [2.05, 4.69) is 15.2 Å². The highest BCUT2D eigenvalue weighted by molar-refractivity contribution is 6.33. The summed E-state index contributed by atoms with van der Waals surface area (Å²) in [6, 6.07) is 10.9. The summed E-state index contributed by atoms with van der Waals surface area (Å²) < 4.78 is 11.5. The van der Waals surface area contributed by atoms with Gasteiger partial charge >= 0.3 is 0 Å². The average molecular weight is 374 g/mol. The van der Waals surface area contributed by atoms with E-state index < -0.39 is 5.79 Å². The number of rotatable bonds is 3. The van der Waals surface area contributed by atoms with Crippen LogP contribution in [0, 0.1) is 0 Å². The lowest BCUT2D eigenvalue weighted by Gasteiger charge is -2.38. The van der Waals surface area contributed by atoms with Gasteiger partial charge in [0.05, 0.1) is 23.9 Å². The van der Waals surface area contributed by atoms with Crippen molar-refractivity contribution in [3.63, 3.8) is 0 Å². The fourth-order valence-corrected chi connectivity index (χ4v) is 3.56. The highest BCUT2D eigenvalue weighted by Gasteiger charge is 2.39. The molecule has 2 saturated heterocycles. The fourth-order valence-electron chi connectivity index (χ4n) is 3.38. The Kier molecular flexibility index (Phi) is 4.80. The van der Waals surface area contributed by atoms with Crippen molar-refractivity contribution in [2.24, 2.45) is 0 Å². The molecule has 2 fully saturated rings. The molecule has 1 spiro atoms. The molecule has 0 aliphatic carbocycles. The van der Waals surface area contributed by atoms with Crippen molar-refractivity contribution in [1.82, 2.24) is 4.98 Å². The molecule has 26 heavy (non-hydrogen) atoms. The molecule has 6 nitrogen and oxygen atoms in total. The molecule has 0 bridgehead atoms. The van der Waals surface area contributed by atoms with Gasteiger partial charge in [-0.1, -0.05) is 23.7 Å². The molecule has 0 saturated carbocycles. The predicted molar refractivity (Wildman–Crippen MR) is 99.7 cm³/mol. The number of halogens is 1. The number of anilines is 2. The van der Waals surface area contributed by atoms with E-state index in [4.69, 9.17) is 21.1 Å². The highest BCUT2D eigenvalue weighted by Crippen LogP contribution is 2.33. The minimum absolute atomic E-state index is 0.282. The van der Waals surface area contributed by atoms with Crippen LogP contribution < -0.4 is 10.2 Å². The molecule has 0 unspecified atom stereocenters. The van der Waals surface area contributed by atoms with E-state index in [1.54, 1.807) is 24.4 Å². The summed E-state index contributed by atoms with van der Waals surface area (Å²) in [5.74, 6) is -0.691. The summed E-state index contributed by atoms with van der Waals surface area (Å²) in [5.41, 5.74) is 1.90. The lowest BCUT2D eigenvalue weighted by molar-refractivity contribution is -0.169. The van der Waals surface area contributed by atoms with Crippen molar-refractivity contribution in [2.75, 3.05) is 36.5 Å². The first-order chi connectivity index (χ1) is 12.7. The second kappa shape index (κ2) is 7.23. The minimum atomic E-state index is -0.409. The zero-order valence-corrected chi connectivity index (χ0v) is 15.0. The van der Waals surface area contributed by atoms with Crippen molar-refractivity contribution < 1.29 is 14.3 Å². The molecular formula is C19H20ClN3O3. The number of hydrogen-bond donors (Lipinski definition) is 1. The van der Waals surface area contributed by atoms with Crippen LogP contribution in [0.4, 0.5) is 11.4 Å². The zero-order valence-electron chi connectivity index (χ0n) is 14.3. The summed E-state index contributed by atoms with van der Waals surface area (Å²) in [4.78, 5) is 18.9. The summed E-state index contributed by atoms with van der Waals surface area (Å²) in [5, 5.41) is 3.30. The summed E-state index contributed by atoms with van der Waals surface area (Å²) in [7, 11) is 0. The number of pyridine rings is 1. The highest BCUT2D eigenvalue weighted by atomic mass is 35.5. The largest absolute Gasteiger partial charge is 0.371 e. The number of carbonyl (C=O) groups is 1. The van der Waals surface area contributed by atoms with Gasteiger partial charge in [-0.05, 0) is 24.3 Å². The van der Waals surface area contributed by atoms with E-state index >= 15 is 0 Å². The van der Waals surface area contributed by atoms with Crippen LogP contribution in [0.3, 0.4) is 0 Å². The molecular weight excluding hydrogens is 354 g/mol. The molecule has 2 aliphatic heterocycles. The van der Waals surface area contributed by atoms with Gasteiger partial charge in [0.1, 0.15) is 5.69 Å². The first kappa shape index (κ1) is 17.3. The number of benzene rings is 1. The second-order valence-corrected chi connectivity index (χ2v) is 6.84. The molecule has 1 aromatic heterocycles. The van der Waals surface area contributed by atoms with Crippen LogP contribution in [0.1, 0.15) is 23.3 Å². The molecule has 4 rings (SSSR count). The van der Waals surface area contributed by atoms with Gasteiger partial charge < -0.3 is 19.7 Å². The van der Waals surface area contributed by atoms with Gasteiger partial charge in [0, 0.05) is 37.8 Å². The molecule has 7 heteroatoms. The molecule has 3 heterocycles. The topological polar surface area (TPSA) is 63.7 Å². The summed E-state index contributed by atoms with van der Waals surface area (Å²) in [6.45, 7) is 2.97. The van der Waals surface area contributed by atoms with Gasteiger partial charge in [-0.2, -0.15) is 0 Å².